The second-order valence-electron chi connectivity index (χ2n) is 3.76. The number of aryl methyl sites for hydroxylation is 1. The predicted molar refractivity (Wildman–Crippen MR) is 55.1 cm³/mol. The van der Waals surface area contributed by atoms with Gasteiger partial charge in [-0.15, -0.1) is 0 Å². The molecule has 0 saturated carbocycles. The lowest BCUT2D eigenvalue weighted by molar-refractivity contribution is -0.00202. The molecule has 0 atom stereocenters. The molecule has 1 aliphatic heterocycles. The highest BCUT2D eigenvalue weighted by Gasteiger charge is 2.34. The summed E-state index contributed by atoms with van der Waals surface area (Å²) in [7, 11) is 1.50. The third kappa shape index (κ3) is 1.82. The van der Waals surface area contributed by atoms with Gasteiger partial charge >= 0.3 is 0 Å². The lowest BCUT2D eigenvalue weighted by atomic mass is 10.0. The normalized spacial score (nSPS) is 14.2. The molecule has 2 rings (SSSR count). The maximum atomic E-state index is 13.7. The van der Waals surface area contributed by atoms with Gasteiger partial charge in [-0.05, 0) is 31.7 Å². The quantitative estimate of drug-likeness (QED) is 0.860. The monoisotopic (exact) mass is 229 g/mol. The number of nitrogens with one attached hydrogen (secondary N) is 1. The number of hydrogen-bond acceptors (Lipinski definition) is 3. The standard InChI is InChI=1S/C11H13F2NO2/c1-7-3-9-10(16-6-15-9)4-8(7)11(12,13)5-14-2/h3-4,14H,5-6H2,1-2H3. The van der Waals surface area contributed by atoms with Crippen molar-refractivity contribution < 1.29 is 18.3 Å². The molecule has 88 valence electrons. The van der Waals surface area contributed by atoms with Gasteiger partial charge in [0.25, 0.3) is 5.92 Å². The Morgan fingerprint density at radius 3 is 2.56 bits per heavy atom. The topological polar surface area (TPSA) is 30.5 Å². The predicted octanol–water partition coefficient (Wildman–Crippen LogP) is 2.03. The number of ether oxygens (including phenoxy) is 2. The summed E-state index contributed by atoms with van der Waals surface area (Å²) in [5.41, 5.74) is 0.482. The van der Waals surface area contributed by atoms with E-state index in [0.29, 0.717) is 17.1 Å². The molecular formula is C11H13F2NO2. The SMILES string of the molecule is CNCC(F)(F)c1cc2c(cc1C)OCO2. The van der Waals surface area contributed by atoms with Crippen LogP contribution < -0.4 is 14.8 Å². The first-order valence-corrected chi connectivity index (χ1v) is 4.98. The molecule has 0 fully saturated rings. The van der Waals surface area contributed by atoms with Crippen molar-refractivity contribution in [1.82, 2.24) is 5.32 Å². The van der Waals surface area contributed by atoms with E-state index >= 15 is 0 Å². The van der Waals surface area contributed by atoms with E-state index in [1.807, 2.05) is 0 Å². The Morgan fingerprint density at radius 1 is 1.31 bits per heavy atom. The summed E-state index contributed by atoms with van der Waals surface area (Å²) in [6.07, 6.45) is 0. The average molecular weight is 229 g/mol. The lowest BCUT2D eigenvalue weighted by Crippen LogP contribution is -2.28. The molecule has 0 unspecified atom stereocenters. The van der Waals surface area contributed by atoms with Crippen LogP contribution in [0.4, 0.5) is 8.78 Å². The van der Waals surface area contributed by atoms with Gasteiger partial charge in [-0.25, -0.2) is 0 Å². The molecule has 0 amide bonds. The van der Waals surface area contributed by atoms with E-state index in [2.05, 4.69) is 5.32 Å². The third-order valence-corrected chi connectivity index (χ3v) is 2.51. The number of fused-ring (bicyclic) bond motifs is 1. The number of hydrogen-bond donors (Lipinski definition) is 1. The van der Waals surface area contributed by atoms with Crippen molar-refractivity contribution in [3.05, 3.63) is 23.3 Å². The van der Waals surface area contributed by atoms with Gasteiger partial charge in [-0.1, -0.05) is 0 Å². The van der Waals surface area contributed by atoms with Crippen LogP contribution in [-0.4, -0.2) is 20.4 Å². The highest BCUT2D eigenvalue weighted by Crippen LogP contribution is 2.39. The fraction of sp³-hybridized carbons (Fsp3) is 0.455. The Balaban J connectivity index is 2.41. The van der Waals surface area contributed by atoms with Crippen LogP contribution in [0.1, 0.15) is 11.1 Å². The minimum Gasteiger partial charge on any atom is -0.454 e. The van der Waals surface area contributed by atoms with Gasteiger partial charge < -0.3 is 14.8 Å². The van der Waals surface area contributed by atoms with Crippen LogP contribution in [0.25, 0.3) is 0 Å². The van der Waals surface area contributed by atoms with Crippen LogP contribution in [0, 0.1) is 6.92 Å². The van der Waals surface area contributed by atoms with Crippen molar-refractivity contribution in [2.45, 2.75) is 12.8 Å². The van der Waals surface area contributed by atoms with Crippen LogP contribution in [0.5, 0.6) is 11.5 Å². The summed E-state index contributed by atoms with van der Waals surface area (Å²) >= 11 is 0. The van der Waals surface area contributed by atoms with Gasteiger partial charge in [0, 0.05) is 5.56 Å². The van der Waals surface area contributed by atoms with Crippen LogP contribution in [-0.2, 0) is 5.92 Å². The maximum Gasteiger partial charge on any atom is 0.285 e. The number of likely N-dealkylation sites (N-methyl/N-ethyl adjacent to an activating group) is 1. The Morgan fingerprint density at radius 2 is 1.94 bits per heavy atom. The molecular weight excluding hydrogens is 216 g/mol. The highest BCUT2D eigenvalue weighted by molar-refractivity contribution is 5.49. The summed E-state index contributed by atoms with van der Waals surface area (Å²) in [4.78, 5) is 0. The van der Waals surface area contributed by atoms with E-state index in [9.17, 15) is 8.78 Å². The minimum absolute atomic E-state index is 0.0221. The number of alkyl halides is 2. The Labute approximate surface area is 92.4 Å². The molecule has 0 saturated heterocycles. The van der Waals surface area contributed by atoms with E-state index < -0.39 is 12.5 Å². The zero-order valence-corrected chi connectivity index (χ0v) is 9.14. The number of rotatable bonds is 3. The first-order valence-electron chi connectivity index (χ1n) is 4.98. The van der Waals surface area contributed by atoms with Crippen LogP contribution >= 0.6 is 0 Å². The number of halogens is 2. The molecule has 5 heteroatoms. The Bertz CT molecular complexity index is 407. The molecule has 0 spiro atoms. The molecule has 0 bridgehead atoms. The molecule has 1 heterocycles. The van der Waals surface area contributed by atoms with Gasteiger partial charge in [0.2, 0.25) is 6.79 Å². The first kappa shape index (κ1) is 11.1. The second kappa shape index (κ2) is 3.90. The van der Waals surface area contributed by atoms with Crippen molar-refractivity contribution >= 4 is 0 Å². The lowest BCUT2D eigenvalue weighted by Gasteiger charge is -2.18. The first-order chi connectivity index (χ1) is 7.54. The van der Waals surface area contributed by atoms with E-state index in [0.717, 1.165) is 0 Å². The van der Waals surface area contributed by atoms with Crippen LogP contribution in [0.3, 0.4) is 0 Å². The van der Waals surface area contributed by atoms with E-state index in [-0.39, 0.29) is 12.4 Å². The Kier molecular flexibility index (Phi) is 2.71. The van der Waals surface area contributed by atoms with Crippen molar-refractivity contribution in [1.29, 1.82) is 0 Å². The molecule has 3 nitrogen and oxygen atoms in total. The smallest absolute Gasteiger partial charge is 0.285 e. The zero-order chi connectivity index (χ0) is 11.8. The Hall–Kier alpha value is -1.36. The molecule has 0 aromatic heterocycles. The fourth-order valence-electron chi connectivity index (χ4n) is 1.75. The summed E-state index contributed by atoms with van der Waals surface area (Å²) in [6, 6.07) is 2.94. The second-order valence-corrected chi connectivity index (χ2v) is 3.76. The molecule has 0 radical (unpaired) electrons. The van der Waals surface area contributed by atoms with Crippen molar-refractivity contribution in [3.63, 3.8) is 0 Å². The molecule has 0 aliphatic carbocycles. The molecule has 1 aromatic rings. The minimum atomic E-state index is -2.90. The van der Waals surface area contributed by atoms with Gasteiger partial charge in [-0.3, -0.25) is 0 Å². The van der Waals surface area contributed by atoms with E-state index in [4.69, 9.17) is 9.47 Å². The van der Waals surface area contributed by atoms with Gasteiger partial charge in [0.15, 0.2) is 11.5 Å². The van der Waals surface area contributed by atoms with Crippen LogP contribution in [0.15, 0.2) is 12.1 Å². The largest absolute Gasteiger partial charge is 0.454 e. The fourth-order valence-corrected chi connectivity index (χ4v) is 1.75. The summed E-state index contributed by atoms with van der Waals surface area (Å²) < 4.78 is 37.7. The van der Waals surface area contributed by atoms with Gasteiger partial charge in [0.1, 0.15) is 0 Å². The summed E-state index contributed by atoms with van der Waals surface area (Å²) in [5.74, 6) is -1.99. The van der Waals surface area contributed by atoms with E-state index in [1.54, 1.807) is 13.0 Å². The molecule has 1 aromatic carbocycles. The van der Waals surface area contributed by atoms with E-state index in [1.165, 1.54) is 13.1 Å². The summed E-state index contributed by atoms with van der Waals surface area (Å²) in [6.45, 7) is 1.34. The maximum absolute atomic E-state index is 13.7. The molecule has 16 heavy (non-hydrogen) atoms. The van der Waals surface area contributed by atoms with Gasteiger partial charge in [0.05, 0.1) is 6.54 Å². The zero-order valence-electron chi connectivity index (χ0n) is 9.14. The highest BCUT2D eigenvalue weighted by atomic mass is 19.3. The molecule has 1 aliphatic rings. The van der Waals surface area contributed by atoms with Crippen molar-refractivity contribution in [3.8, 4) is 11.5 Å². The van der Waals surface area contributed by atoms with Crippen molar-refractivity contribution in [2.24, 2.45) is 0 Å². The third-order valence-electron chi connectivity index (χ3n) is 2.51. The molecule has 1 N–H and O–H groups in total. The van der Waals surface area contributed by atoms with Crippen LogP contribution in [0.2, 0.25) is 0 Å². The number of benzene rings is 1. The summed E-state index contributed by atoms with van der Waals surface area (Å²) in [5, 5.41) is 2.48. The van der Waals surface area contributed by atoms with Gasteiger partial charge in [-0.2, -0.15) is 8.78 Å². The average Bonchev–Trinajstić information content (AvgIpc) is 2.63. The van der Waals surface area contributed by atoms with Crippen molar-refractivity contribution in [2.75, 3.05) is 20.4 Å².